The van der Waals surface area contributed by atoms with Crippen LogP contribution in [0.2, 0.25) is 5.15 Å². The number of aryl methyl sites for hydroxylation is 1. The fourth-order valence-electron chi connectivity index (χ4n) is 1.28. The van der Waals surface area contributed by atoms with Crippen molar-refractivity contribution in [3.05, 3.63) is 25.9 Å². The maximum Gasteiger partial charge on any atom is 0.212 e. The summed E-state index contributed by atoms with van der Waals surface area (Å²) in [5, 5.41) is 5.13. The number of halogens is 2. The first-order valence-electron chi connectivity index (χ1n) is 4.38. The highest BCUT2D eigenvalue weighted by Crippen LogP contribution is 2.28. The Bertz CT molecular complexity index is 563. The van der Waals surface area contributed by atoms with E-state index in [1.54, 1.807) is 4.68 Å². The molecule has 0 radical (unpaired) electrons. The molecule has 0 fully saturated rings. The van der Waals surface area contributed by atoms with Crippen LogP contribution in [0.4, 0.5) is 0 Å². The Labute approximate surface area is 109 Å². The summed E-state index contributed by atoms with van der Waals surface area (Å²) in [7, 11) is 0. The molecule has 16 heavy (non-hydrogen) atoms. The molecule has 0 saturated carbocycles. The maximum absolute atomic E-state index is 10.7. The van der Waals surface area contributed by atoms with Crippen molar-refractivity contribution in [2.45, 2.75) is 13.8 Å². The van der Waals surface area contributed by atoms with Gasteiger partial charge in [0.15, 0.2) is 11.4 Å². The van der Waals surface area contributed by atoms with Crippen LogP contribution in [0.15, 0.2) is 4.47 Å². The summed E-state index contributed by atoms with van der Waals surface area (Å²) in [6, 6.07) is 0. The van der Waals surface area contributed by atoms with E-state index in [0.717, 1.165) is 15.9 Å². The molecule has 0 aliphatic rings. The second-order valence-electron chi connectivity index (χ2n) is 3.17. The van der Waals surface area contributed by atoms with Gasteiger partial charge >= 0.3 is 0 Å². The zero-order valence-corrected chi connectivity index (χ0v) is 11.6. The van der Waals surface area contributed by atoms with Crippen molar-refractivity contribution in [2.24, 2.45) is 0 Å². The van der Waals surface area contributed by atoms with Gasteiger partial charge in [0.1, 0.15) is 4.88 Å². The predicted octanol–water partition coefficient (Wildman–Crippen LogP) is 3.17. The summed E-state index contributed by atoms with van der Waals surface area (Å²) in [4.78, 5) is 15.2. The lowest BCUT2D eigenvalue weighted by Crippen LogP contribution is -1.97. The van der Waals surface area contributed by atoms with E-state index in [0.29, 0.717) is 16.3 Å². The van der Waals surface area contributed by atoms with Crippen LogP contribution < -0.4 is 0 Å². The average molecular weight is 321 g/mol. The van der Waals surface area contributed by atoms with E-state index in [4.69, 9.17) is 11.6 Å². The van der Waals surface area contributed by atoms with Gasteiger partial charge in [-0.15, -0.1) is 0 Å². The SMILES string of the molecule is Cc1nn(-c2nc(Cl)c(C=O)s2)c(C)c1Br. The molecule has 0 spiro atoms. The van der Waals surface area contributed by atoms with Crippen molar-refractivity contribution >= 4 is 45.2 Å². The Morgan fingerprint density at radius 2 is 2.19 bits per heavy atom. The number of hydrogen-bond acceptors (Lipinski definition) is 4. The predicted molar refractivity (Wildman–Crippen MR) is 66.8 cm³/mol. The first-order valence-corrected chi connectivity index (χ1v) is 6.37. The summed E-state index contributed by atoms with van der Waals surface area (Å²) >= 11 is 10.5. The Morgan fingerprint density at radius 1 is 1.50 bits per heavy atom. The summed E-state index contributed by atoms with van der Waals surface area (Å²) in [6.07, 6.45) is 0.699. The minimum atomic E-state index is 0.221. The molecule has 0 aromatic carbocycles. The summed E-state index contributed by atoms with van der Waals surface area (Å²) < 4.78 is 2.61. The van der Waals surface area contributed by atoms with Crippen LogP contribution in [0, 0.1) is 13.8 Å². The van der Waals surface area contributed by atoms with Crippen LogP contribution in [0.5, 0.6) is 0 Å². The van der Waals surface area contributed by atoms with Gasteiger partial charge < -0.3 is 0 Å². The maximum atomic E-state index is 10.7. The molecule has 0 atom stereocenters. The third-order valence-electron chi connectivity index (χ3n) is 2.09. The van der Waals surface area contributed by atoms with Gasteiger partial charge in [0.05, 0.1) is 15.9 Å². The number of carbonyl (C=O) groups excluding carboxylic acids is 1. The molecule has 0 saturated heterocycles. The third kappa shape index (κ3) is 1.81. The van der Waals surface area contributed by atoms with Gasteiger partial charge in [-0.2, -0.15) is 5.10 Å². The molecule has 4 nitrogen and oxygen atoms in total. The van der Waals surface area contributed by atoms with Gasteiger partial charge in [-0.3, -0.25) is 4.79 Å². The molecule has 0 unspecified atom stereocenters. The molecule has 0 aliphatic heterocycles. The third-order valence-corrected chi connectivity index (χ3v) is 4.59. The summed E-state index contributed by atoms with van der Waals surface area (Å²) in [5.74, 6) is 0. The van der Waals surface area contributed by atoms with Crippen molar-refractivity contribution in [2.75, 3.05) is 0 Å². The molecule has 2 heterocycles. The Hall–Kier alpha value is -0.720. The van der Waals surface area contributed by atoms with Gasteiger partial charge in [-0.25, -0.2) is 9.67 Å². The number of aromatic nitrogens is 3. The largest absolute Gasteiger partial charge is 0.297 e. The highest BCUT2D eigenvalue weighted by atomic mass is 79.9. The van der Waals surface area contributed by atoms with E-state index in [9.17, 15) is 4.79 Å². The van der Waals surface area contributed by atoms with Crippen LogP contribution in [0.25, 0.3) is 5.13 Å². The van der Waals surface area contributed by atoms with E-state index in [-0.39, 0.29) is 5.15 Å². The van der Waals surface area contributed by atoms with Crippen molar-refractivity contribution in [3.8, 4) is 5.13 Å². The van der Waals surface area contributed by atoms with E-state index < -0.39 is 0 Å². The molecule has 2 aromatic rings. The Balaban J connectivity index is 2.58. The zero-order valence-electron chi connectivity index (χ0n) is 8.49. The van der Waals surface area contributed by atoms with Crippen LogP contribution >= 0.6 is 38.9 Å². The van der Waals surface area contributed by atoms with Crippen LogP contribution in [-0.4, -0.2) is 21.1 Å². The molecule has 0 aliphatic carbocycles. The molecule has 84 valence electrons. The minimum absolute atomic E-state index is 0.221. The van der Waals surface area contributed by atoms with E-state index in [2.05, 4.69) is 26.0 Å². The van der Waals surface area contributed by atoms with Gasteiger partial charge in [-0.05, 0) is 29.8 Å². The normalized spacial score (nSPS) is 10.8. The highest BCUT2D eigenvalue weighted by molar-refractivity contribution is 9.10. The number of hydrogen-bond donors (Lipinski definition) is 0. The first kappa shape index (κ1) is 11.8. The standard InChI is InChI=1S/C9H7BrClN3OS/c1-4-7(10)5(2)14(13-4)9-12-8(11)6(3-15)16-9/h3H,1-2H3. The quantitative estimate of drug-likeness (QED) is 0.799. The second-order valence-corrected chi connectivity index (χ2v) is 5.33. The fraction of sp³-hybridized carbons (Fsp3) is 0.222. The van der Waals surface area contributed by atoms with Gasteiger partial charge in [-0.1, -0.05) is 22.9 Å². The number of nitrogens with zero attached hydrogens (tertiary/aromatic N) is 3. The van der Waals surface area contributed by atoms with Crippen molar-refractivity contribution in [3.63, 3.8) is 0 Å². The molecule has 0 amide bonds. The molecular weight excluding hydrogens is 314 g/mol. The summed E-state index contributed by atoms with van der Waals surface area (Å²) in [5.41, 5.74) is 1.80. The van der Waals surface area contributed by atoms with Crippen LogP contribution in [0.1, 0.15) is 21.1 Å². The van der Waals surface area contributed by atoms with Crippen molar-refractivity contribution in [1.29, 1.82) is 0 Å². The van der Waals surface area contributed by atoms with Crippen LogP contribution in [0.3, 0.4) is 0 Å². The van der Waals surface area contributed by atoms with Crippen LogP contribution in [-0.2, 0) is 0 Å². The number of carbonyl (C=O) groups is 1. The van der Waals surface area contributed by atoms with E-state index in [1.165, 1.54) is 11.3 Å². The zero-order chi connectivity index (χ0) is 11.9. The van der Waals surface area contributed by atoms with Gasteiger partial charge in [0.25, 0.3) is 0 Å². The second kappa shape index (κ2) is 4.27. The molecule has 2 aromatic heterocycles. The molecule has 0 bridgehead atoms. The average Bonchev–Trinajstić information content (AvgIpc) is 2.74. The van der Waals surface area contributed by atoms with Crippen molar-refractivity contribution < 1.29 is 4.79 Å². The number of rotatable bonds is 2. The fourth-order valence-corrected chi connectivity index (χ4v) is 2.59. The number of thiazole rings is 1. The first-order chi connectivity index (χ1) is 7.54. The molecule has 0 N–H and O–H groups in total. The highest BCUT2D eigenvalue weighted by Gasteiger charge is 2.15. The van der Waals surface area contributed by atoms with E-state index >= 15 is 0 Å². The van der Waals surface area contributed by atoms with Gasteiger partial charge in [0.2, 0.25) is 5.13 Å². The Kier molecular flexibility index (Phi) is 3.14. The number of aldehydes is 1. The molecule has 7 heteroatoms. The Morgan fingerprint density at radius 3 is 2.62 bits per heavy atom. The lowest BCUT2D eigenvalue weighted by Gasteiger charge is -1.97. The minimum Gasteiger partial charge on any atom is -0.297 e. The monoisotopic (exact) mass is 319 g/mol. The lowest BCUT2D eigenvalue weighted by molar-refractivity contribution is 0.112. The lowest BCUT2D eigenvalue weighted by atomic mass is 10.4. The summed E-state index contributed by atoms with van der Waals surface area (Å²) in [6.45, 7) is 3.81. The topological polar surface area (TPSA) is 47.8 Å². The molecular formula is C9H7BrClN3OS. The smallest absolute Gasteiger partial charge is 0.212 e. The van der Waals surface area contributed by atoms with E-state index in [1.807, 2.05) is 13.8 Å². The van der Waals surface area contributed by atoms with Gasteiger partial charge in [0, 0.05) is 0 Å². The molecule has 2 rings (SSSR count). The van der Waals surface area contributed by atoms with Crippen molar-refractivity contribution in [1.82, 2.24) is 14.8 Å².